The molecule has 2 heterocycles. The number of para-hydroxylation sites is 1. The average molecular weight is 242 g/mol. The van der Waals surface area contributed by atoms with Crippen molar-refractivity contribution in [3.8, 4) is 11.5 Å². The lowest BCUT2D eigenvalue weighted by Gasteiger charge is -1.97. The molecule has 92 valence electrons. The Hall–Kier alpha value is -2.14. The van der Waals surface area contributed by atoms with E-state index < -0.39 is 0 Å². The summed E-state index contributed by atoms with van der Waals surface area (Å²) in [5.74, 6) is 0.988. The summed E-state index contributed by atoms with van der Waals surface area (Å²) in [7, 11) is 2.03. The van der Waals surface area contributed by atoms with Crippen LogP contribution in [0.1, 0.15) is 11.6 Å². The van der Waals surface area contributed by atoms with Crippen LogP contribution < -0.4 is 5.73 Å². The maximum atomic E-state index is 5.56. The van der Waals surface area contributed by atoms with E-state index in [1.807, 2.05) is 26.1 Å². The predicted molar refractivity (Wildman–Crippen MR) is 68.8 cm³/mol. The van der Waals surface area contributed by atoms with Crippen molar-refractivity contribution in [3.05, 3.63) is 35.9 Å². The van der Waals surface area contributed by atoms with Gasteiger partial charge in [-0.2, -0.15) is 0 Å². The zero-order valence-corrected chi connectivity index (χ0v) is 10.3. The van der Waals surface area contributed by atoms with Crippen LogP contribution in [-0.4, -0.2) is 14.8 Å². The van der Waals surface area contributed by atoms with E-state index in [0.717, 1.165) is 22.2 Å². The van der Waals surface area contributed by atoms with E-state index in [1.165, 1.54) is 0 Å². The van der Waals surface area contributed by atoms with Crippen molar-refractivity contribution < 1.29 is 4.42 Å². The number of rotatable bonds is 2. The second-order valence-electron chi connectivity index (χ2n) is 4.24. The van der Waals surface area contributed by atoms with Crippen LogP contribution in [0.2, 0.25) is 0 Å². The first-order valence-corrected chi connectivity index (χ1v) is 5.79. The van der Waals surface area contributed by atoms with E-state index in [1.54, 1.807) is 0 Å². The number of hydrogen-bond donors (Lipinski definition) is 1. The number of fused-ring (bicyclic) bond motifs is 1. The van der Waals surface area contributed by atoms with Crippen LogP contribution >= 0.6 is 0 Å². The third kappa shape index (κ3) is 1.44. The van der Waals surface area contributed by atoms with Gasteiger partial charge in [-0.15, -0.1) is 10.2 Å². The van der Waals surface area contributed by atoms with Crippen LogP contribution in [0, 0.1) is 6.92 Å². The second-order valence-corrected chi connectivity index (χ2v) is 4.24. The van der Waals surface area contributed by atoms with Gasteiger partial charge in [-0.1, -0.05) is 18.2 Å². The van der Waals surface area contributed by atoms with E-state index in [9.17, 15) is 0 Å². The topological polar surface area (TPSA) is 69.9 Å². The first-order valence-electron chi connectivity index (χ1n) is 5.79. The quantitative estimate of drug-likeness (QED) is 0.746. The second kappa shape index (κ2) is 3.96. The third-order valence-electron chi connectivity index (χ3n) is 3.25. The van der Waals surface area contributed by atoms with Crippen LogP contribution in [0.25, 0.3) is 22.4 Å². The molecule has 0 unspecified atom stereocenters. The molecule has 18 heavy (non-hydrogen) atoms. The smallest absolute Gasteiger partial charge is 0.250 e. The number of aryl methyl sites for hydroxylation is 1. The Balaban J connectivity index is 2.31. The van der Waals surface area contributed by atoms with Gasteiger partial charge in [0.15, 0.2) is 0 Å². The fraction of sp³-hybridized carbons (Fsp3) is 0.231. The van der Waals surface area contributed by atoms with E-state index in [2.05, 4.69) is 26.9 Å². The van der Waals surface area contributed by atoms with E-state index in [-0.39, 0.29) is 6.54 Å². The highest BCUT2D eigenvalue weighted by Gasteiger charge is 2.18. The maximum absolute atomic E-state index is 5.56. The van der Waals surface area contributed by atoms with Crippen molar-refractivity contribution in [2.75, 3.05) is 0 Å². The lowest BCUT2D eigenvalue weighted by molar-refractivity contribution is 0.508. The van der Waals surface area contributed by atoms with Crippen molar-refractivity contribution >= 4 is 10.9 Å². The number of hydrogen-bond acceptors (Lipinski definition) is 4. The standard InChI is InChI=1S/C13H14N4O/c1-8-12(13-16-15-11(7-14)18-13)9-5-3-4-6-10(9)17(8)2/h3-6H,7,14H2,1-2H3. The summed E-state index contributed by atoms with van der Waals surface area (Å²) in [6.45, 7) is 2.30. The summed E-state index contributed by atoms with van der Waals surface area (Å²) < 4.78 is 7.68. The lowest BCUT2D eigenvalue weighted by Crippen LogP contribution is -1.95. The molecule has 0 bridgehead atoms. The summed E-state index contributed by atoms with van der Waals surface area (Å²) in [5, 5.41) is 9.10. The van der Waals surface area contributed by atoms with E-state index in [4.69, 9.17) is 10.2 Å². The summed E-state index contributed by atoms with van der Waals surface area (Å²) >= 11 is 0. The van der Waals surface area contributed by atoms with Crippen molar-refractivity contribution in [2.24, 2.45) is 12.8 Å². The zero-order chi connectivity index (χ0) is 12.7. The molecule has 0 radical (unpaired) electrons. The Labute approximate surface area is 104 Å². The number of benzene rings is 1. The van der Waals surface area contributed by atoms with Crippen molar-refractivity contribution in [3.63, 3.8) is 0 Å². The normalized spacial score (nSPS) is 11.3. The molecule has 0 aliphatic heterocycles. The molecule has 5 nitrogen and oxygen atoms in total. The molecule has 3 rings (SSSR count). The Bertz CT molecular complexity index is 711. The van der Waals surface area contributed by atoms with Gasteiger partial charge in [0.1, 0.15) is 0 Å². The Morgan fingerprint density at radius 2 is 2.06 bits per heavy atom. The van der Waals surface area contributed by atoms with Gasteiger partial charge in [-0.3, -0.25) is 0 Å². The van der Waals surface area contributed by atoms with Crippen molar-refractivity contribution in [1.82, 2.24) is 14.8 Å². The molecule has 0 spiro atoms. The molecule has 0 saturated heterocycles. The largest absolute Gasteiger partial charge is 0.419 e. The molecular weight excluding hydrogens is 228 g/mol. The number of aromatic nitrogens is 3. The molecule has 3 aromatic rings. The molecule has 0 saturated carbocycles. The lowest BCUT2D eigenvalue weighted by atomic mass is 10.1. The van der Waals surface area contributed by atoms with Gasteiger partial charge in [0.05, 0.1) is 12.1 Å². The molecule has 0 amide bonds. The van der Waals surface area contributed by atoms with Gasteiger partial charge in [0.25, 0.3) is 0 Å². The SMILES string of the molecule is Cc1c(-c2nnc(CN)o2)c2ccccc2n1C. The third-order valence-corrected chi connectivity index (χ3v) is 3.25. The van der Waals surface area contributed by atoms with Crippen LogP contribution in [0.5, 0.6) is 0 Å². The predicted octanol–water partition coefficient (Wildman–Crippen LogP) is 2.00. The maximum Gasteiger partial charge on any atom is 0.250 e. The Morgan fingerprint density at radius 1 is 1.28 bits per heavy atom. The first-order chi connectivity index (χ1) is 8.72. The van der Waals surface area contributed by atoms with Crippen LogP contribution in [0.15, 0.2) is 28.7 Å². The van der Waals surface area contributed by atoms with Gasteiger partial charge in [-0.25, -0.2) is 0 Å². The number of nitrogens with zero attached hydrogens (tertiary/aromatic N) is 3. The van der Waals surface area contributed by atoms with Crippen LogP contribution in [0.3, 0.4) is 0 Å². The summed E-state index contributed by atoms with van der Waals surface area (Å²) in [6.07, 6.45) is 0. The fourth-order valence-corrected chi connectivity index (χ4v) is 2.23. The van der Waals surface area contributed by atoms with Gasteiger partial charge < -0.3 is 14.7 Å². The average Bonchev–Trinajstić information content (AvgIpc) is 2.95. The minimum Gasteiger partial charge on any atom is -0.419 e. The molecular formula is C13H14N4O. The van der Waals surface area contributed by atoms with Crippen LogP contribution in [0.4, 0.5) is 0 Å². The van der Waals surface area contributed by atoms with Gasteiger partial charge >= 0.3 is 0 Å². The van der Waals surface area contributed by atoms with E-state index >= 15 is 0 Å². The van der Waals surface area contributed by atoms with Crippen molar-refractivity contribution in [2.45, 2.75) is 13.5 Å². The van der Waals surface area contributed by atoms with Gasteiger partial charge in [0, 0.05) is 23.6 Å². The van der Waals surface area contributed by atoms with Gasteiger partial charge in [0.2, 0.25) is 11.8 Å². The Morgan fingerprint density at radius 3 is 2.78 bits per heavy atom. The molecule has 0 fully saturated rings. The summed E-state index contributed by atoms with van der Waals surface area (Å²) in [4.78, 5) is 0. The molecule has 0 aliphatic rings. The number of nitrogens with two attached hydrogens (primary N) is 1. The van der Waals surface area contributed by atoms with Crippen molar-refractivity contribution in [1.29, 1.82) is 0 Å². The highest BCUT2D eigenvalue weighted by molar-refractivity contribution is 5.95. The monoisotopic (exact) mass is 242 g/mol. The minimum absolute atomic E-state index is 0.261. The fourth-order valence-electron chi connectivity index (χ4n) is 2.23. The molecule has 2 N–H and O–H groups in total. The first kappa shape index (κ1) is 11.0. The Kier molecular flexibility index (Phi) is 2.41. The molecule has 2 aromatic heterocycles. The zero-order valence-electron chi connectivity index (χ0n) is 10.3. The van der Waals surface area contributed by atoms with Crippen LogP contribution in [-0.2, 0) is 13.6 Å². The summed E-state index contributed by atoms with van der Waals surface area (Å²) in [5.41, 5.74) is 8.73. The highest BCUT2D eigenvalue weighted by atomic mass is 16.4. The molecule has 1 aromatic carbocycles. The molecule has 5 heteroatoms. The molecule has 0 aliphatic carbocycles. The highest BCUT2D eigenvalue weighted by Crippen LogP contribution is 2.32. The van der Waals surface area contributed by atoms with Gasteiger partial charge in [-0.05, 0) is 13.0 Å². The van der Waals surface area contributed by atoms with E-state index in [0.29, 0.717) is 11.8 Å². The summed E-state index contributed by atoms with van der Waals surface area (Å²) in [6, 6.07) is 8.16. The molecule has 0 atom stereocenters. The minimum atomic E-state index is 0.261.